The Morgan fingerprint density at radius 3 is 2.67 bits per heavy atom. The number of rotatable bonds is 3. The third kappa shape index (κ3) is 2.10. The molecule has 0 spiro atoms. The van der Waals surface area contributed by atoms with Crippen molar-refractivity contribution in [2.75, 3.05) is 12.0 Å². The molecular formula is C6H13N5S. The highest BCUT2D eigenvalue weighted by Gasteiger charge is 2.18. The standard InChI is InChI=1S/C6H13N5S/c1-6(2,12-3)4-11-5(7)8-9-10-11/h4H2,1-3H3,(H2,7,8,10). The zero-order valence-electron chi connectivity index (χ0n) is 7.48. The molecule has 0 unspecified atom stereocenters. The summed E-state index contributed by atoms with van der Waals surface area (Å²) >= 11 is 1.76. The molecule has 1 aromatic rings. The van der Waals surface area contributed by atoms with Gasteiger partial charge in [-0.15, -0.1) is 0 Å². The third-order valence-corrected chi connectivity index (χ3v) is 2.88. The van der Waals surface area contributed by atoms with E-state index in [-0.39, 0.29) is 4.75 Å². The van der Waals surface area contributed by atoms with Crippen molar-refractivity contribution in [3.05, 3.63) is 0 Å². The van der Waals surface area contributed by atoms with Crippen molar-refractivity contribution in [3.63, 3.8) is 0 Å². The van der Waals surface area contributed by atoms with Crippen molar-refractivity contribution in [1.29, 1.82) is 0 Å². The molecule has 1 aromatic heterocycles. The maximum Gasteiger partial charge on any atom is 0.240 e. The number of hydrogen-bond acceptors (Lipinski definition) is 5. The number of nitrogens with two attached hydrogens (primary N) is 1. The molecule has 0 amide bonds. The van der Waals surface area contributed by atoms with Crippen molar-refractivity contribution >= 4 is 17.7 Å². The number of aromatic nitrogens is 4. The summed E-state index contributed by atoms with van der Waals surface area (Å²) in [5.74, 6) is 0.372. The van der Waals surface area contributed by atoms with Gasteiger partial charge >= 0.3 is 0 Å². The first-order valence-electron chi connectivity index (χ1n) is 3.62. The molecule has 0 aliphatic heterocycles. The molecule has 0 saturated heterocycles. The van der Waals surface area contributed by atoms with Gasteiger partial charge in [-0.2, -0.15) is 11.8 Å². The van der Waals surface area contributed by atoms with E-state index in [1.165, 1.54) is 0 Å². The highest BCUT2D eigenvalue weighted by molar-refractivity contribution is 7.99. The van der Waals surface area contributed by atoms with Gasteiger partial charge < -0.3 is 5.73 Å². The van der Waals surface area contributed by atoms with E-state index < -0.39 is 0 Å². The van der Waals surface area contributed by atoms with Crippen molar-refractivity contribution in [3.8, 4) is 0 Å². The summed E-state index contributed by atoms with van der Waals surface area (Å²) in [6.45, 7) is 4.98. The summed E-state index contributed by atoms with van der Waals surface area (Å²) < 4.78 is 1.72. The zero-order valence-corrected chi connectivity index (χ0v) is 8.30. The Morgan fingerprint density at radius 2 is 2.25 bits per heavy atom. The van der Waals surface area contributed by atoms with Crippen LogP contribution in [0.3, 0.4) is 0 Å². The molecule has 12 heavy (non-hydrogen) atoms. The average molecular weight is 187 g/mol. The van der Waals surface area contributed by atoms with E-state index in [0.29, 0.717) is 5.95 Å². The zero-order chi connectivity index (χ0) is 9.19. The van der Waals surface area contributed by atoms with Gasteiger partial charge in [0.1, 0.15) is 0 Å². The van der Waals surface area contributed by atoms with Crippen LogP contribution in [0, 0.1) is 0 Å². The Balaban J connectivity index is 2.70. The summed E-state index contributed by atoms with van der Waals surface area (Å²) in [5.41, 5.74) is 5.52. The molecule has 0 bridgehead atoms. The number of anilines is 1. The van der Waals surface area contributed by atoms with Crippen LogP contribution in [-0.2, 0) is 6.54 Å². The molecule has 68 valence electrons. The van der Waals surface area contributed by atoms with Crippen LogP contribution in [0.5, 0.6) is 0 Å². The molecule has 1 rings (SSSR count). The second-order valence-electron chi connectivity index (χ2n) is 3.16. The van der Waals surface area contributed by atoms with Gasteiger partial charge in [-0.25, -0.2) is 4.68 Å². The first kappa shape index (κ1) is 9.31. The molecule has 0 aliphatic carbocycles. The van der Waals surface area contributed by atoms with E-state index in [0.717, 1.165) is 6.54 Å². The topological polar surface area (TPSA) is 69.6 Å². The predicted octanol–water partition coefficient (Wildman–Crippen LogP) is 0.397. The van der Waals surface area contributed by atoms with Gasteiger partial charge in [0.05, 0.1) is 6.54 Å². The van der Waals surface area contributed by atoms with Crippen LogP contribution < -0.4 is 5.73 Å². The highest BCUT2D eigenvalue weighted by Crippen LogP contribution is 2.23. The summed E-state index contributed by atoms with van der Waals surface area (Å²) in [7, 11) is 0. The highest BCUT2D eigenvalue weighted by atomic mass is 32.2. The minimum absolute atomic E-state index is 0.115. The fraction of sp³-hybridized carbons (Fsp3) is 0.833. The molecule has 1 heterocycles. The lowest BCUT2D eigenvalue weighted by molar-refractivity contribution is 0.512. The SMILES string of the molecule is CSC(C)(C)Cn1nnnc1N. The number of nitrogen functional groups attached to an aromatic ring is 1. The Bertz CT molecular complexity index is 256. The van der Waals surface area contributed by atoms with Crippen LogP contribution in [0.2, 0.25) is 0 Å². The molecular weight excluding hydrogens is 174 g/mol. The molecule has 0 fully saturated rings. The Morgan fingerprint density at radius 1 is 1.58 bits per heavy atom. The van der Waals surface area contributed by atoms with E-state index in [9.17, 15) is 0 Å². The molecule has 0 radical (unpaired) electrons. The van der Waals surface area contributed by atoms with Crippen LogP contribution in [0.1, 0.15) is 13.8 Å². The lowest BCUT2D eigenvalue weighted by atomic mass is 10.2. The first-order valence-corrected chi connectivity index (χ1v) is 4.84. The van der Waals surface area contributed by atoms with Crippen molar-refractivity contribution in [2.24, 2.45) is 0 Å². The lowest BCUT2D eigenvalue weighted by Crippen LogP contribution is -2.24. The number of tetrazole rings is 1. The molecule has 0 saturated carbocycles. The normalized spacial score (nSPS) is 11.9. The second kappa shape index (κ2) is 3.30. The van der Waals surface area contributed by atoms with Crippen LogP contribution in [0.25, 0.3) is 0 Å². The van der Waals surface area contributed by atoms with E-state index >= 15 is 0 Å². The van der Waals surface area contributed by atoms with E-state index in [1.54, 1.807) is 16.4 Å². The minimum Gasteiger partial charge on any atom is -0.367 e. The van der Waals surface area contributed by atoms with Crippen molar-refractivity contribution in [1.82, 2.24) is 20.2 Å². The van der Waals surface area contributed by atoms with Gasteiger partial charge in [0, 0.05) is 4.75 Å². The van der Waals surface area contributed by atoms with Crippen molar-refractivity contribution in [2.45, 2.75) is 25.1 Å². The Hall–Kier alpha value is -0.780. The monoisotopic (exact) mass is 187 g/mol. The number of thioether (sulfide) groups is 1. The molecule has 6 heteroatoms. The number of nitrogens with zero attached hydrogens (tertiary/aromatic N) is 4. The van der Waals surface area contributed by atoms with Crippen LogP contribution in [-0.4, -0.2) is 31.2 Å². The van der Waals surface area contributed by atoms with E-state index in [1.807, 2.05) is 0 Å². The smallest absolute Gasteiger partial charge is 0.240 e. The Labute approximate surface area is 75.7 Å². The van der Waals surface area contributed by atoms with Crippen LogP contribution >= 0.6 is 11.8 Å². The maximum atomic E-state index is 5.52. The molecule has 5 nitrogen and oxygen atoms in total. The van der Waals surface area contributed by atoms with Gasteiger partial charge in [-0.3, -0.25) is 0 Å². The predicted molar refractivity (Wildman–Crippen MR) is 49.8 cm³/mol. The largest absolute Gasteiger partial charge is 0.367 e. The maximum absolute atomic E-state index is 5.52. The van der Waals surface area contributed by atoms with E-state index in [2.05, 4.69) is 35.6 Å². The average Bonchev–Trinajstić information content (AvgIpc) is 2.36. The van der Waals surface area contributed by atoms with Crippen molar-refractivity contribution < 1.29 is 0 Å². The van der Waals surface area contributed by atoms with Gasteiger partial charge in [-0.05, 0) is 30.5 Å². The fourth-order valence-corrected chi connectivity index (χ4v) is 1.00. The van der Waals surface area contributed by atoms with Crippen LogP contribution in [0.4, 0.5) is 5.95 Å². The molecule has 0 atom stereocenters. The van der Waals surface area contributed by atoms with Gasteiger partial charge in [-0.1, -0.05) is 5.10 Å². The summed E-state index contributed by atoms with van der Waals surface area (Å²) in [5, 5.41) is 10.8. The third-order valence-electron chi connectivity index (χ3n) is 1.64. The fourth-order valence-electron chi connectivity index (χ4n) is 0.749. The molecule has 2 N–H and O–H groups in total. The van der Waals surface area contributed by atoms with Gasteiger partial charge in [0.25, 0.3) is 0 Å². The summed E-state index contributed by atoms with van der Waals surface area (Å²) in [4.78, 5) is 0. The summed E-state index contributed by atoms with van der Waals surface area (Å²) in [6.07, 6.45) is 2.06. The lowest BCUT2D eigenvalue weighted by Gasteiger charge is -2.20. The minimum atomic E-state index is 0.115. The molecule has 0 aliphatic rings. The van der Waals surface area contributed by atoms with Gasteiger partial charge in [0.2, 0.25) is 5.95 Å². The second-order valence-corrected chi connectivity index (χ2v) is 4.67. The Kier molecular flexibility index (Phi) is 2.56. The van der Waals surface area contributed by atoms with E-state index in [4.69, 9.17) is 5.73 Å². The number of hydrogen-bond donors (Lipinski definition) is 1. The van der Waals surface area contributed by atoms with Crippen LogP contribution in [0.15, 0.2) is 0 Å². The molecule has 0 aromatic carbocycles. The first-order chi connectivity index (χ1) is 5.55. The van der Waals surface area contributed by atoms with Gasteiger partial charge in [0.15, 0.2) is 0 Å². The quantitative estimate of drug-likeness (QED) is 0.741. The summed E-state index contributed by atoms with van der Waals surface area (Å²) in [6, 6.07) is 0.